The topological polar surface area (TPSA) is 52.1 Å². The number of nitrogens with zero attached hydrogens (tertiary/aromatic N) is 3. The highest BCUT2D eigenvalue weighted by molar-refractivity contribution is 14.0. The van der Waals surface area contributed by atoms with Crippen molar-refractivity contribution in [1.82, 2.24) is 20.4 Å². The van der Waals surface area contributed by atoms with Gasteiger partial charge in [-0.2, -0.15) is 0 Å². The number of guanidine groups is 1. The maximum absolute atomic E-state index is 5.49. The molecule has 25 heavy (non-hydrogen) atoms. The largest absolute Gasteiger partial charge is 0.379 e. The van der Waals surface area contributed by atoms with E-state index < -0.39 is 0 Å². The average molecular weight is 467 g/mol. The van der Waals surface area contributed by atoms with Gasteiger partial charge in [-0.15, -0.1) is 24.0 Å². The molecule has 0 spiro atoms. The van der Waals surface area contributed by atoms with Crippen LogP contribution in [-0.4, -0.2) is 87.4 Å². The second kappa shape index (κ2) is 12.3. The number of rotatable bonds is 7. The molecule has 0 aromatic rings. The zero-order valence-corrected chi connectivity index (χ0v) is 18.8. The number of nitrogens with one attached hydrogen (secondary N) is 2. The number of aliphatic imine (C=N–C) groups is 1. The fourth-order valence-electron chi connectivity index (χ4n) is 3.87. The Bertz CT molecular complexity index is 388. The Morgan fingerprint density at radius 2 is 1.92 bits per heavy atom. The molecule has 2 fully saturated rings. The molecule has 2 atom stereocenters. The summed E-state index contributed by atoms with van der Waals surface area (Å²) in [5.74, 6) is 1.54. The number of morpholine rings is 1. The maximum Gasteiger partial charge on any atom is 0.191 e. The predicted molar refractivity (Wildman–Crippen MR) is 116 cm³/mol. The average Bonchev–Trinajstić information content (AvgIpc) is 3.06. The Morgan fingerprint density at radius 1 is 1.20 bits per heavy atom. The van der Waals surface area contributed by atoms with E-state index in [1.165, 1.54) is 19.4 Å². The third-order valence-electron chi connectivity index (χ3n) is 5.40. The van der Waals surface area contributed by atoms with Gasteiger partial charge in [0.1, 0.15) is 0 Å². The first-order valence-electron chi connectivity index (χ1n) is 9.66. The number of likely N-dealkylation sites (tertiary alicyclic amines) is 1. The lowest BCUT2D eigenvalue weighted by atomic mass is 10.0. The van der Waals surface area contributed by atoms with Gasteiger partial charge in [-0.1, -0.05) is 20.8 Å². The molecule has 0 saturated carbocycles. The minimum atomic E-state index is 0. The number of hydrogen-bond acceptors (Lipinski definition) is 4. The summed E-state index contributed by atoms with van der Waals surface area (Å²) in [6, 6.07) is 1.17. The van der Waals surface area contributed by atoms with E-state index in [9.17, 15) is 0 Å². The van der Waals surface area contributed by atoms with E-state index in [0.29, 0.717) is 18.0 Å². The van der Waals surface area contributed by atoms with E-state index in [1.807, 2.05) is 7.05 Å². The van der Waals surface area contributed by atoms with Crippen molar-refractivity contribution in [1.29, 1.82) is 0 Å². The van der Waals surface area contributed by atoms with Gasteiger partial charge in [0, 0.05) is 45.3 Å². The van der Waals surface area contributed by atoms with Crippen LogP contribution in [0.1, 0.15) is 33.6 Å². The van der Waals surface area contributed by atoms with E-state index >= 15 is 0 Å². The second-order valence-electron chi connectivity index (χ2n) is 7.22. The molecule has 2 unspecified atom stereocenters. The Kier molecular flexibility index (Phi) is 11.3. The smallest absolute Gasteiger partial charge is 0.191 e. The molecule has 2 N–H and O–H groups in total. The van der Waals surface area contributed by atoms with Crippen LogP contribution < -0.4 is 10.6 Å². The van der Waals surface area contributed by atoms with Crippen LogP contribution in [0.25, 0.3) is 0 Å². The van der Waals surface area contributed by atoms with Gasteiger partial charge in [-0.3, -0.25) is 14.8 Å². The lowest BCUT2D eigenvalue weighted by Crippen LogP contribution is -2.53. The summed E-state index contributed by atoms with van der Waals surface area (Å²) in [5.41, 5.74) is 0. The standard InChI is InChI=1S/C18H37N5O.HI/c1-5-22-8-6-7-16(22)13-20-18(19-4)21-14-17(15(2)3)23-9-11-24-12-10-23;/h15-17H,5-14H2,1-4H3,(H2,19,20,21);1H. The summed E-state index contributed by atoms with van der Waals surface area (Å²) >= 11 is 0. The molecule has 0 radical (unpaired) electrons. The van der Waals surface area contributed by atoms with Crippen LogP contribution in [0, 0.1) is 5.92 Å². The SMILES string of the molecule is CCN1CCCC1CNC(=NC)NCC(C(C)C)N1CCOCC1.I. The zero-order valence-electron chi connectivity index (χ0n) is 16.5. The summed E-state index contributed by atoms with van der Waals surface area (Å²) < 4.78 is 5.49. The normalized spacial score (nSPS) is 24.2. The van der Waals surface area contributed by atoms with E-state index in [0.717, 1.165) is 51.9 Å². The van der Waals surface area contributed by atoms with Crippen molar-refractivity contribution < 1.29 is 4.74 Å². The minimum absolute atomic E-state index is 0. The molecule has 0 aliphatic carbocycles. The Morgan fingerprint density at radius 3 is 2.52 bits per heavy atom. The highest BCUT2D eigenvalue weighted by Gasteiger charge is 2.25. The Hall–Kier alpha value is -0.120. The molecule has 0 amide bonds. The van der Waals surface area contributed by atoms with E-state index in [-0.39, 0.29) is 24.0 Å². The Labute approximate surface area is 171 Å². The molecule has 2 aliphatic rings. The number of ether oxygens (including phenoxy) is 1. The van der Waals surface area contributed by atoms with Gasteiger partial charge in [0.25, 0.3) is 0 Å². The first-order chi connectivity index (χ1) is 11.7. The summed E-state index contributed by atoms with van der Waals surface area (Å²) in [4.78, 5) is 9.52. The van der Waals surface area contributed by atoms with Crippen molar-refractivity contribution in [2.24, 2.45) is 10.9 Å². The van der Waals surface area contributed by atoms with Crippen LogP contribution in [-0.2, 0) is 4.74 Å². The summed E-state index contributed by atoms with van der Waals surface area (Å²) in [6.07, 6.45) is 2.61. The van der Waals surface area contributed by atoms with Gasteiger partial charge in [0.05, 0.1) is 13.2 Å². The first kappa shape index (κ1) is 22.9. The maximum atomic E-state index is 5.49. The van der Waals surface area contributed by atoms with Crippen LogP contribution in [0.2, 0.25) is 0 Å². The molecule has 0 aromatic carbocycles. The van der Waals surface area contributed by atoms with Crippen molar-refractivity contribution in [3.05, 3.63) is 0 Å². The summed E-state index contributed by atoms with van der Waals surface area (Å²) in [6.45, 7) is 14.9. The van der Waals surface area contributed by atoms with Crippen molar-refractivity contribution in [3.63, 3.8) is 0 Å². The third-order valence-corrected chi connectivity index (χ3v) is 5.40. The van der Waals surface area contributed by atoms with E-state index in [2.05, 4.69) is 46.2 Å². The molecule has 2 saturated heterocycles. The molecule has 2 heterocycles. The van der Waals surface area contributed by atoms with Gasteiger partial charge in [-0.25, -0.2) is 0 Å². The fraction of sp³-hybridized carbons (Fsp3) is 0.944. The van der Waals surface area contributed by atoms with Gasteiger partial charge in [0.2, 0.25) is 0 Å². The van der Waals surface area contributed by atoms with Crippen molar-refractivity contribution in [2.75, 3.05) is 59.5 Å². The summed E-state index contributed by atoms with van der Waals surface area (Å²) in [5, 5.41) is 7.07. The monoisotopic (exact) mass is 467 g/mol. The quantitative estimate of drug-likeness (QED) is 0.339. The van der Waals surface area contributed by atoms with Crippen LogP contribution >= 0.6 is 24.0 Å². The van der Waals surface area contributed by atoms with Crippen LogP contribution in [0.5, 0.6) is 0 Å². The first-order valence-corrected chi connectivity index (χ1v) is 9.66. The van der Waals surface area contributed by atoms with Crippen molar-refractivity contribution in [3.8, 4) is 0 Å². The van der Waals surface area contributed by atoms with Crippen LogP contribution in [0.15, 0.2) is 4.99 Å². The predicted octanol–water partition coefficient (Wildman–Crippen LogP) is 1.61. The van der Waals surface area contributed by atoms with Gasteiger partial charge < -0.3 is 15.4 Å². The lowest BCUT2D eigenvalue weighted by molar-refractivity contribution is 0.00752. The third kappa shape index (κ3) is 7.19. The number of hydrogen-bond donors (Lipinski definition) is 2. The van der Waals surface area contributed by atoms with Crippen LogP contribution in [0.3, 0.4) is 0 Å². The van der Waals surface area contributed by atoms with Gasteiger partial charge >= 0.3 is 0 Å². The molecule has 2 aliphatic heterocycles. The second-order valence-corrected chi connectivity index (χ2v) is 7.22. The molecule has 6 nitrogen and oxygen atoms in total. The molecule has 0 aromatic heterocycles. The molecule has 7 heteroatoms. The van der Waals surface area contributed by atoms with E-state index in [1.54, 1.807) is 0 Å². The minimum Gasteiger partial charge on any atom is -0.379 e. The highest BCUT2D eigenvalue weighted by atomic mass is 127. The fourth-order valence-corrected chi connectivity index (χ4v) is 3.87. The zero-order chi connectivity index (χ0) is 17.4. The van der Waals surface area contributed by atoms with Crippen LogP contribution in [0.4, 0.5) is 0 Å². The van der Waals surface area contributed by atoms with Gasteiger partial charge in [-0.05, 0) is 31.8 Å². The number of likely N-dealkylation sites (N-methyl/N-ethyl adjacent to an activating group) is 1. The van der Waals surface area contributed by atoms with Gasteiger partial charge in [0.15, 0.2) is 5.96 Å². The highest BCUT2D eigenvalue weighted by Crippen LogP contribution is 2.15. The molecular formula is C18H38IN5O. The number of halogens is 1. The van der Waals surface area contributed by atoms with Crippen molar-refractivity contribution >= 4 is 29.9 Å². The molecule has 148 valence electrons. The lowest BCUT2D eigenvalue weighted by Gasteiger charge is -2.37. The molecular weight excluding hydrogens is 429 g/mol. The Balaban J connectivity index is 0.00000312. The van der Waals surface area contributed by atoms with Crippen molar-refractivity contribution in [2.45, 2.75) is 45.7 Å². The molecule has 2 rings (SSSR count). The van der Waals surface area contributed by atoms with E-state index in [4.69, 9.17) is 4.74 Å². The summed E-state index contributed by atoms with van der Waals surface area (Å²) in [7, 11) is 1.86. The molecule has 0 bridgehead atoms.